The van der Waals surface area contributed by atoms with Crippen LogP contribution in [0.15, 0.2) is 0 Å². The van der Waals surface area contributed by atoms with Gasteiger partial charge in [0, 0.05) is 13.5 Å². The molecule has 0 bridgehead atoms. The molecule has 0 aromatic heterocycles. The van der Waals surface area contributed by atoms with Crippen LogP contribution in [0.2, 0.25) is 0 Å². The molecule has 0 heterocycles. The molecule has 0 aliphatic rings. The van der Waals surface area contributed by atoms with Crippen molar-refractivity contribution in [2.45, 2.75) is 55.7 Å². The van der Waals surface area contributed by atoms with Crippen molar-refractivity contribution in [2.24, 2.45) is 0 Å². The minimum absolute atomic E-state index is 0.563. The predicted octanol–water partition coefficient (Wildman–Crippen LogP) is 1.57. The number of nitrogens with zero attached hydrogens (tertiary/aromatic N) is 1. The molecular weight excluding hydrogens is 399 g/mol. The number of aliphatic hydroxyl groups excluding tert-OH is 1. The number of halogens is 3. The lowest BCUT2D eigenvalue weighted by Gasteiger charge is -2.26. The van der Waals surface area contributed by atoms with E-state index in [1.165, 1.54) is 14.0 Å². The van der Waals surface area contributed by atoms with Gasteiger partial charge in [-0.1, -0.05) is 34.8 Å². The van der Waals surface area contributed by atoms with Crippen LogP contribution in [-0.4, -0.2) is 62.3 Å². The topological polar surface area (TPSA) is 113 Å². The van der Waals surface area contributed by atoms with Gasteiger partial charge in [0.25, 0.3) is 9.70 Å². The molecule has 0 aromatic carbocycles. The average molecular weight is 420 g/mol. The summed E-state index contributed by atoms with van der Waals surface area (Å²) >= 11 is 16.0. The van der Waals surface area contributed by atoms with Gasteiger partial charge in [-0.05, 0) is 27.7 Å². The molecule has 11 heteroatoms. The number of ether oxygens (including phenoxy) is 1. The van der Waals surface area contributed by atoms with E-state index in [0.717, 1.165) is 4.90 Å². The summed E-state index contributed by atoms with van der Waals surface area (Å²) in [6.07, 6.45) is -2.24. The number of rotatable bonds is 5. The van der Waals surface area contributed by atoms with E-state index in [4.69, 9.17) is 39.5 Å². The number of nitrogens with one attached hydrogen (secondary N) is 1. The van der Waals surface area contributed by atoms with Gasteiger partial charge in [0.1, 0.15) is 5.60 Å². The molecule has 0 fully saturated rings. The largest absolute Gasteiger partial charge is 0.458 e. The van der Waals surface area contributed by atoms with Crippen LogP contribution in [0.3, 0.4) is 0 Å². The zero-order valence-corrected chi connectivity index (χ0v) is 16.7. The summed E-state index contributed by atoms with van der Waals surface area (Å²) in [5.41, 5.74) is -0.819. The minimum atomic E-state index is -2.34. The Morgan fingerprint density at radius 1 is 1.16 bits per heavy atom. The fourth-order valence-electron chi connectivity index (χ4n) is 1.46. The van der Waals surface area contributed by atoms with Gasteiger partial charge in [0.05, 0.1) is 6.04 Å². The van der Waals surface area contributed by atoms with Gasteiger partial charge >= 0.3 is 12.0 Å². The number of likely N-dealkylation sites (N-methyl/N-ethyl adjacent to an activating group) is 1. The van der Waals surface area contributed by atoms with Gasteiger partial charge < -0.3 is 14.7 Å². The van der Waals surface area contributed by atoms with Gasteiger partial charge in [-0.2, -0.15) is 0 Å². The number of amides is 3. The number of hydrogen-bond acceptors (Lipinski definition) is 6. The second-order valence-corrected chi connectivity index (χ2v) is 8.54. The Labute approximate surface area is 160 Å². The first-order valence-corrected chi connectivity index (χ1v) is 8.28. The summed E-state index contributed by atoms with van der Waals surface area (Å²) in [4.78, 5) is 47.9. The second kappa shape index (κ2) is 9.02. The van der Waals surface area contributed by atoms with Crippen LogP contribution in [0.1, 0.15) is 34.1 Å². The monoisotopic (exact) mass is 418 g/mol. The van der Waals surface area contributed by atoms with Gasteiger partial charge in [-0.15, -0.1) is 0 Å². The number of hydrogen-bond donors (Lipinski definition) is 2. The van der Waals surface area contributed by atoms with E-state index < -0.39 is 51.7 Å². The number of esters is 1. The molecule has 1 unspecified atom stereocenters. The van der Waals surface area contributed by atoms with Crippen molar-refractivity contribution in [2.75, 3.05) is 7.05 Å². The Morgan fingerprint density at radius 2 is 1.64 bits per heavy atom. The Balaban J connectivity index is 4.74. The standard InChI is InChI=1S/C14H21Cl3N2O6/c1-7(19(5)12(24)18-11(23)14(15,16)17)8(20)6-9(21)10(22)25-13(2,3)4/h7,9,21H,6H2,1-5H3,(H,18,23,24)/t7-,9?/m0/s1. The van der Waals surface area contributed by atoms with Gasteiger partial charge in [0.2, 0.25) is 0 Å². The fraction of sp³-hybridized carbons (Fsp3) is 0.714. The molecule has 0 aliphatic heterocycles. The molecule has 144 valence electrons. The average Bonchev–Trinajstić information content (AvgIpc) is 2.42. The zero-order chi connectivity index (χ0) is 20.2. The maximum absolute atomic E-state index is 12.1. The van der Waals surface area contributed by atoms with E-state index in [-0.39, 0.29) is 0 Å². The van der Waals surface area contributed by atoms with E-state index in [1.54, 1.807) is 20.8 Å². The number of alkyl halides is 3. The molecule has 0 aliphatic carbocycles. The third-order valence-corrected chi connectivity index (χ3v) is 3.43. The van der Waals surface area contributed by atoms with Crippen molar-refractivity contribution in [3.63, 3.8) is 0 Å². The molecule has 2 N–H and O–H groups in total. The molecule has 25 heavy (non-hydrogen) atoms. The number of aliphatic hydroxyl groups is 1. The van der Waals surface area contributed by atoms with E-state index in [2.05, 4.69) is 0 Å². The maximum Gasteiger partial charge on any atom is 0.335 e. The summed E-state index contributed by atoms with van der Waals surface area (Å²) in [6.45, 7) is 6.19. The number of imide groups is 1. The first-order chi connectivity index (χ1) is 11.1. The molecule has 0 aromatic rings. The molecule has 8 nitrogen and oxygen atoms in total. The van der Waals surface area contributed by atoms with Gasteiger partial charge in [-0.25, -0.2) is 9.59 Å². The lowest BCUT2D eigenvalue weighted by molar-refractivity contribution is -0.166. The highest BCUT2D eigenvalue weighted by molar-refractivity contribution is 6.76. The predicted molar refractivity (Wildman–Crippen MR) is 92.5 cm³/mol. The molecule has 2 atom stereocenters. The van der Waals surface area contributed by atoms with Crippen LogP contribution in [0.25, 0.3) is 0 Å². The third kappa shape index (κ3) is 8.71. The van der Waals surface area contributed by atoms with Crippen LogP contribution < -0.4 is 5.32 Å². The number of carbonyl (C=O) groups excluding carboxylic acids is 4. The minimum Gasteiger partial charge on any atom is -0.458 e. The first-order valence-electron chi connectivity index (χ1n) is 7.15. The van der Waals surface area contributed by atoms with Crippen molar-refractivity contribution >= 4 is 58.5 Å². The smallest absolute Gasteiger partial charge is 0.335 e. The van der Waals surface area contributed by atoms with Crippen molar-refractivity contribution in [3.05, 3.63) is 0 Å². The van der Waals surface area contributed by atoms with Crippen LogP contribution in [0, 0.1) is 0 Å². The normalized spacial score (nSPS) is 14.3. The van der Waals surface area contributed by atoms with E-state index in [9.17, 15) is 24.3 Å². The second-order valence-electron chi connectivity index (χ2n) is 6.26. The molecule has 0 saturated carbocycles. The van der Waals surface area contributed by atoms with Gasteiger partial charge in [-0.3, -0.25) is 14.9 Å². The van der Waals surface area contributed by atoms with E-state index in [1.807, 2.05) is 5.32 Å². The zero-order valence-electron chi connectivity index (χ0n) is 14.4. The fourth-order valence-corrected chi connectivity index (χ4v) is 1.60. The van der Waals surface area contributed by atoms with Crippen molar-refractivity contribution < 1.29 is 29.0 Å². The van der Waals surface area contributed by atoms with Crippen LogP contribution in [0.5, 0.6) is 0 Å². The Morgan fingerprint density at radius 3 is 2.04 bits per heavy atom. The lowest BCUT2D eigenvalue weighted by atomic mass is 10.1. The molecule has 3 amide bonds. The maximum atomic E-state index is 12.1. The summed E-state index contributed by atoms with van der Waals surface area (Å²) in [6, 6.07) is -2.04. The highest BCUT2D eigenvalue weighted by atomic mass is 35.6. The molecule has 0 saturated heterocycles. The van der Waals surface area contributed by atoms with Crippen molar-refractivity contribution in [1.82, 2.24) is 10.2 Å². The first kappa shape index (κ1) is 23.9. The number of urea groups is 1. The van der Waals surface area contributed by atoms with E-state index in [0.29, 0.717) is 0 Å². The van der Waals surface area contributed by atoms with Crippen molar-refractivity contribution in [3.8, 4) is 0 Å². The number of carbonyl (C=O) groups is 4. The highest BCUT2D eigenvalue weighted by Crippen LogP contribution is 2.25. The summed E-state index contributed by atoms with van der Waals surface area (Å²) < 4.78 is 2.62. The number of Topliss-reactive ketones (excluding diaryl/α,β-unsaturated/α-hetero) is 1. The van der Waals surface area contributed by atoms with E-state index >= 15 is 0 Å². The lowest BCUT2D eigenvalue weighted by Crippen LogP contribution is -2.50. The summed E-state index contributed by atoms with van der Waals surface area (Å²) in [5.74, 6) is -2.76. The Kier molecular flexibility index (Phi) is 8.63. The number of ketones is 1. The summed E-state index contributed by atoms with van der Waals surface area (Å²) in [5, 5.41) is 11.6. The van der Waals surface area contributed by atoms with Crippen LogP contribution in [-0.2, 0) is 19.1 Å². The SMILES string of the molecule is C[C@@H](C(=O)CC(O)C(=O)OC(C)(C)C)N(C)C(=O)NC(=O)C(Cl)(Cl)Cl. The third-order valence-electron chi connectivity index (χ3n) is 2.92. The Hall–Kier alpha value is -1.09. The summed E-state index contributed by atoms with van der Waals surface area (Å²) in [7, 11) is 1.23. The Bertz CT molecular complexity index is 542. The van der Waals surface area contributed by atoms with Gasteiger partial charge in [0.15, 0.2) is 11.9 Å². The quantitative estimate of drug-likeness (QED) is 0.517. The molecule has 0 spiro atoms. The van der Waals surface area contributed by atoms with Crippen molar-refractivity contribution in [1.29, 1.82) is 0 Å². The van der Waals surface area contributed by atoms with Crippen LogP contribution >= 0.6 is 34.8 Å². The molecule has 0 rings (SSSR count). The van der Waals surface area contributed by atoms with Crippen LogP contribution in [0.4, 0.5) is 4.79 Å². The molecule has 0 radical (unpaired) electrons. The highest BCUT2D eigenvalue weighted by Gasteiger charge is 2.34. The molecular formula is C14H21Cl3N2O6.